The molecule has 3 rings (SSSR count). The summed E-state index contributed by atoms with van der Waals surface area (Å²) in [5.41, 5.74) is 1.67. The molecule has 1 heterocycles. The van der Waals surface area contributed by atoms with E-state index in [1.165, 1.54) is 15.9 Å². The van der Waals surface area contributed by atoms with Gasteiger partial charge in [-0.05, 0) is 63.4 Å². The van der Waals surface area contributed by atoms with E-state index in [1.54, 1.807) is 64.1 Å². The number of ether oxygens (including phenoxy) is 2. The van der Waals surface area contributed by atoms with Crippen LogP contribution in [0.5, 0.6) is 0 Å². The van der Waals surface area contributed by atoms with Crippen molar-refractivity contribution < 1.29 is 27.8 Å². The molecule has 178 valence electrons. The molecule has 0 radical (unpaired) electrons. The molecule has 2 aromatic carbocycles. The van der Waals surface area contributed by atoms with Crippen molar-refractivity contribution in [3.05, 3.63) is 53.8 Å². The number of halogens is 2. The van der Waals surface area contributed by atoms with Crippen molar-refractivity contribution in [2.75, 3.05) is 24.7 Å². The summed E-state index contributed by atoms with van der Waals surface area (Å²) < 4.78 is 38.1. The first-order chi connectivity index (χ1) is 15.6. The lowest BCUT2D eigenvalue weighted by atomic mass is 10.0. The van der Waals surface area contributed by atoms with Crippen molar-refractivity contribution in [1.29, 1.82) is 0 Å². The number of hydrogen-bond acceptors (Lipinski definition) is 4. The lowest BCUT2D eigenvalue weighted by molar-refractivity contribution is 0.0228. The molecule has 0 bridgehead atoms. The maximum atomic E-state index is 14.8. The summed E-state index contributed by atoms with van der Waals surface area (Å²) in [6.07, 6.45) is -1.01. The SMILES string of the molecule is CC1CN(c2ccc(-c3ccc(CN(CCCF)C(=O)OC(C)(C)C)cc3)c(F)c2)C(=O)O1. The minimum Gasteiger partial charge on any atom is -0.444 e. The number of rotatable bonds is 7. The molecule has 1 saturated heterocycles. The fraction of sp³-hybridized carbons (Fsp3) is 0.440. The highest BCUT2D eigenvalue weighted by atomic mass is 19.1. The smallest absolute Gasteiger partial charge is 0.414 e. The topological polar surface area (TPSA) is 59.1 Å². The molecule has 1 aliphatic heterocycles. The highest BCUT2D eigenvalue weighted by Crippen LogP contribution is 2.29. The fourth-order valence-electron chi connectivity index (χ4n) is 3.54. The molecule has 1 atom stereocenters. The number of cyclic esters (lactones) is 1. The van der Waals surface area contributed by atoms with Crippen molar-refractivity contribution in [2.24, 2.45) is 0 Å². The van der Waals surface area contributed by atoms with Gasteiger partial charge in [0.25, 0.3) is 0 Å². The third-order valence-electron chi connectivity index (χ3n) is 5.08. The highest BCUT2D eigenvalue weighted by molar-refractivity contribution is 5.90. The van der Waals surface area contributed by atoms with E-state index in [1.807, 2.05) is 0 Å². The zero-order chi connectivity index (χ0) is 24.2. The maximum Gasteiger partial charge on any atom is 0.414 e. The Hall–Kier alpha value is -3.16. The van der Waals surface area contributed by atoms with E-state index in [9.17, 15) is 18.4 Å². The van der Waals surface area contributed by atoms with Crippen LogP contribution in [0.3, 0.4) is 0 Å². The molecule has 1 aliphatic rings. The Morgan fingerprint density at radius 2 is 1.91 bits per heavy atom. The maximum absolute atomic E-state index is 14.8. The van der Waals surface area contributed by atoms with Crippen LogP contribution in [-0.4, -0.2) is 48.6 Å². The molecule has 0 N–H and O–H groups in total. The second kappa shape index (κ2) is 10.2. The summed E-state index contributed by atoms with van der Waals surface area (Å²) in [4.78, 5) is 27.2. The fourth-order valence-corrected chi connectivity index (χ4v) is 3.54. The van der Waals surface area contributed by atoms with E-state index in [2.05, 4.69) is 0 Å². The quantitative estimate of drug-likeness (QED) is 0.514. The second-order valence-electron chi connectivity index (χ2n) is 9.11. The number of nitrogens with zero attached hydrogens (tertiary/aromatic N) is 2. The lowest BCUT2D eigenvalue weighted by Crippen LogP contribution is -2.37. The van der Waals surface area contributed by atoms with Crippen LogP contribution in [0, 0.1) is 5.82 Å². The van der Waals surface area contributed by atoms with Crippen LogP contribution < -0.4 is 4.90 Å². The van der Waals surface area contributed by atoms with Gasteiger partial charge in [-0.3, -0.25) is 9.29 Å². The van der Waals surface area contributed by atoms with Crippen LogP contribution in [0.1, 0.15) is 39.7 Å². The van der Waals surface area contributed by atoms with Crippen LogP contribution in [0.15, 0.2) is 42.5 Å². The lowest BCUT2D eigenvalue weighted by Gasteiger charge is -2.27. The molecule has 0 spiro atoms. The molecule has 1 fully saturated rings. The third kappa shape index (κ3) is 6.43. The van der Waals surface area contributed by atoms with E-state index >= 15 is 0 Å². The van der Waals surface area contributed by atoms with Gasteiger partial charge < -0.3 is 14.4 Å². The molecule has 1 unspecified atom stereocenters. The van der Waals surface area contributed by atoms with Crippen molar-refractivity contribution in [2.45, 2.75) is 52.4 Å². The van der Waals surface area contributed by atoms with Crippen molar-refractivity contribution in [1.82, 2.24) is 4.90 Å². The molecular weight excluding hydrogens is 430 g/mol. The summed E-state index contributed by atoms with van der Waals surface area (Å²) in [5, 5.41) is 0. The summed E-state index contributed by atoms with van der Waals surface area (Å²) in [7, 11) is 0. The van der Waals surface area contributed by atoms with Gasteiger partial charge in [0.2, 0.25) is 0 Å². The second-order valence-corrected chi connectivity index (χ2v) is 9.11. The van der Waals surface area contributed by atoms with E-state index < -0.39 is 30.3 Å². The van der Waals surface area contributed by atoms with Crippen LogP contribution >= 0.6 is 0 Å². The van der Waals surface area contributed by atoms with Gasteiger partial charge in [-0.1, -0.05) is 24.3 Å². The first kappa shape index (κ1) is 24.5. The summed E-state index contributed by atoms with van der Waals surface area (Å²) >= 11 is 0. The minimum absolute atomic E-state index is 0.220. The van der Waals surface area contributed by atoms with Crippen molar-refractivity contribution in [3.63, 3.8) is 0 Å². The number of anilines is 1. The number of amides is 2. The Morgan fingerprint density at radius 3 is 2.45 bits per heavy atom. The molecular formula is C25H30F2N2O4. The van der Waals surface area contributed by atoms with Crippen LogP contribution in [0.2, 0.25) is 0 Å². The molecule has 33 heavy (non-hydrogen) atoms. The van der Waals surface area contributed by atoms with Crippen molar-refractivity contribution in [3.8, 4) is 11.1 Å². The Balaban J connectivity index is 1.73. The zero-order valence-corrected chi connectivity index (χ0v) is 19.4. The van der Waals surface area contributed by atoms with Gasteiger partial charge in [0.1, 0.15) is 17.5 Å². The molecule has 2 aromatic rings. The summed E-state index contributed by atoms with van der Waals surface area (Å²) in [6, 6.07) is 11.8. The Bertz CT molecular complexity index is 989. The van der Waals surface area contributed by atoms with Gasteiger partial charge in [0.15, 0.2) is 0 Å². The van der Waals surface area contributed by atoms with E-state index in [4.69, 9.17) is 9.47 Å². The van der Waals surface area contributed by atoms with Crippen molar-refractivity contribution >= 4 is 17.9 Å². The molecule has 6 nitrogen and oxygen atoms in total. The average molecular weight is 461 g/mol. The van der Waals surface area contributed by atoms with E-state index in [-0.39, 0.29) is 25.6 Å². The monoisotopic (exact) mass is 460 g/mol. The number of benzene rings is 2. The minimum atomic E-state index is -0.650. The number of carbonyl (C=O) groups is 2. The first-order valence-corrected chi connectivity index (χ1v) is 11.0. The molecule has 2 amide bonds. The van der Waals surface area contributed by atoms with E-state index in [0.717, 1.165) is 5.56 Å². The van der Waals surface area contributed by atoms with Gasteiger partial charge in [-0.15, -0.1) is 0 Å². The first-order valence-electron chi connectivity index (χ1n) is 11.0. The van der Waals surface area contributed by atoms with Crippen LogP contribution in [-0.2, 0) is 16.0 Å². The standard InChI is InChI=1S/C25H30F2N2O4/c1-17-15-29(24(31)32-17)20-10-11-21(22(27)14-20)19-8-6-18(7-9-19)16-28(13-5-12-26)23(30)33-25(2,3)4/h6-11,14,17H,5,12-13,15-16H2,1-4H3. The van der Waals surface area contributed by atoms with Crippen LogP contribution in [0.4, 0.5) is 24.1 Å². The van der Waals surface area contributed by atoms with Crippen LogP contribution in [0.25, 0.3) is 11.1 Å². The summed E-state index contributed by atoms with van der Waals surface area (Å²) in [5.74, 6) is -0.453. The van der Waals surface area contributed by atoms with Gasteiger partial charge >= 0.3 is 12.2 Å². The highest BCUT2D eigenvalue weighted by Gasteiger charge is 2.29. The number of alkyl halides is 1. The van der Waals surface area contributed by atoms with Gasteiger partial charge in [0.05, 0.1) is 18.9 Å². The normalized spacial score (nSPS) is 16.0. The number of hydrogen-bond donors (Lipinski definition) is 0. The van der Waals surface area contributed by atoms with E-state index in [0.29, 0.717) is 23.4 Å². The molecule has 8 heteroatoms. The molecule has 0 saturated carbocycles. The molecule has 0 aliphatic carbocycles. The summed E-state index contributed by atoms with van der Waals surface area (Å²) in [6.45, 7) is 7.46. The van der Waals surface area contributed by atoms with Gasteiger partial charge in [0, 0.05) is 18.7 Å². The zero-order valence-electron chi connectivity index (χ0n) is 19.4. The molecule has 0 aromatic heterocycles. The third-order valence-corrected chi connectivity index (χ3v) is 5.08. The van der Waals surface area contributed by atoms with Gasteiger partial charge in [-0.2, -0.15) is 0 Å². The Morgan fingerprint density at radius 1 is 1.21 bits per heavy atom. The largest absolute Gasteiger partial charge is 0.444 e. The Kier molecular flexibility index (Phi) is 7.56. The van der Waals surface area contributed by atoms with Gasteiger partial charge in [-0.25, -0.2) is 14.0 Å². The predicted octanol–water partition coefficient (Wildman–Crippen LogP) is 5.93. The average Bonchev–Trinajstić information content (AvgIpc) is 3.08. The number of carbonyl (C=O) groups excluding carboxylic acids is 2. The Labute approximate surface area is 193 Å². The predicted molar refractivity (Wildman–Crippen MR) is 122 cm³/mol.